The molecule has 4 heteroatoms. The fourth-order valence-electron chi connectivity index (χ4n) is 1.13. The van der Waals surface area contributed by atoms with Crippen LogP contribution in [0.5, 0.6) is 0 Å². The first-order valence-corrected chi connectivity index (χ1v) is 4.88. The molecule has 1 aromatic rings. The van der Waals surface area contributed by atoms with Gasteiger partial charge in [-0.05, 0) is 14.1 Å². The molecule has 0 aliphatic heterocycles. The summed E-state index contributed by atoms with van der Waals surface area (Å²) >= 11 is 0. The lowest BCUT2D eigenvalue weighted by Crippen LogP contribution is -2.31. The minimum Gasteiger partial charge on any atom is -0.351 e. The Morgan fingerprint density at radius 1 is 1.33 bits per heavy atom. The maximum Gasteiger partial charge on any atom is 0.251 e. The van der Waals surface area contributed by atoms with Crippen LogP contribution in [-0.2, 0) is 0 Å². The van der Waals surface area contributed by atoms with Gasteiger partial charge >= 0.3 is 0 Å². The van der Waals surface area contributed by atoms with Crippen molar-refractivity contribution < 1.29 is 4.79 Å². The molecule has 0 aliphatic rings. The summed E-state index contributed by atoms with van der Waals surface area (Å²) in [5.74, 6) is -0.0585. The molecule has 0 unspecified atom stereocenters. The van der Waals surface area contributed by atoms with Crippen molar-refractivity contribution >= 4 is 19.2 Å². The second-order valence-corrected chi connectivity index (χ2v) is 3.68. The van der Waals surface area contributed by atoms with E-state index in [1.165, 1.54) is 0 Å². The van der Waals surface area contributed by atoms with Crippen LogP contribution in [0, 0.1) is 0 Å². The first-order valence-electron chi connectivity index (χ1n) is 4.88. The Labute approximate surface area is 91.9 Å². The summed E-state index contributed by atoms with van der Waals surface area (Å²) < 4.78 is 0. The Balaban J connectivity index is 2.43. The van der Waals surface area contributed by atoms with E-state index in [2.05, 4.69) is 5.32 Å². The van der Waals surface area contributed by atoms with E-state index in [1.54, 1.807) is 24.3 Å². The molecule has 0 heterocycles. The van der Waals surface area contributed by atoms with Gasteiger partial charge in [0, 0.05) is 18.7 Å². The zero-order valence-electron chi connectivity index (χ0n) is 9.16. The Hall–Kier alpha value is -1.29. The summed E-state index contributed by atoms with van der Waals surface area (Å²) in [5, 5.41) is 2.83. The highest BCUT2D eigenvalue weighted by Gasteiger charge is 2.03. The van der Waals surface area contributed by atoms with Crippen LogP contribution in [-0.4, -0.2) is 45.8 Å². The molecule has 1 rings (SSSR count). The molecule has 0 spiro atoms. The molecule has 78 valence electrons. The highest BCUT2D eigenvalue weighted by molar-refractivity contribution is 6.32. The number of likely N-dealkylation sites (N-methyl/N-ethyl adjacent to an activating group) is 1. The first-order chi connectivity index (χ1) is 7.09. The van der Waals surface area contributed by atoms with Crippen molar-refractivity contribution in [2.24, 2.45) is 0 Å². The van der Waals surface area contributed by atoms with Crippen molar-refractivity contribution in [3.8, 4) is 0 Å². The maximum atomic E-state index is 11.6. The molecule has 0 saturated heterocycles. The molecule has 0 atom stereocenters. The molecule has 1 aromatic carbocycles. The molecule has 2 radical (unpaired) electrons. The van der Waals surface area contributed by atoms with E-state index in [-0.39, 0.29) is 5.91 Å². The van der Waals surface area contributed by atoms with Crippen LogP contribution in [0.4, 0.5) is 0 Å². The van der Waals surface area contributed by atoms with Gasteiger partial charge in [0.25, 0.3) is 5.91 Å². The third kappa shape index (κ3) is 4.17. The number of amides is 1. The van der Waals surface area contributed by atoms with Crippen molar-refractivity contribution in [3.05, 3.63) is 29.8 Å². The third-order valence-corrected chi connectivity index (χ3v) is 2.02. The summed E-state index contributed by atoms with van der Waals surface area (Å²) in [4.78, 5) is 13.6. The van der Waals surface area contributed by atoms with E-state index in [0.717, 1.165) is 6.54 Å². The summed E-state index contributed by atoms with van der Waals surface area (Å²) in [7, 11) is 9.46. The lowest BCUT2D eigenvalue weighted by Gasteiger charge is -2.10. The van der Waals surface area contributed by atoms with Gasteiger partial charge in [0.2, 0.25) is 0 Å². The predicted octanol–water partition coefficient (Wildman–Crippen LogP) is -0.228. The SMILES string of the molecule is [B]c1ccc(C(=O)NCCN(C)C)cc1. The zero-order chi connectivity index (χ0) is 11.3. The normalized spacial score (nSPS) is 10.3. The average molecular weight is 202 g/mol. The van der Waals surface area contributed by atoms with Gasteiger partial charge in [0.05, 0.1) is 0 Å². The van der Waals surface area contributed by atoms with Crippen LogP contribution in [0.3, 0.4) is 0 Å². The van der Waals surface area contributed by atoms with Crippen molar-refractivity contribution in [2.75, 3.05) is 27.2 Å². The van der Waals surface area contributed by atoms with Crippen molar-refractivity contribution in [3.63, 3.8) is 0 Å². The largest absolute Gasteiger partial charge is 0.351 e. The standard InChI is InChI=1S/C11H15BN2O/c1-14(2)8-7-13-11(15)9-3-5-10(12)6-4-9/h3-6H,7-8H2,1-2H3,(H,13,15). The number of carbonyl (C=O) groups excluding carboxylic acids is 1. The number of rotatable bonds is 4. The van der Waals surface area contributed by atoms with Crippen LogP contribution < -0.4 is 10.8 Å². The van der Waals surface area contributed by atoms with Gasteiger partial charge in [0.15, 0.2) is 0 Å². The fraction of sp³-hybridized carbons (Fsp3) is 0.364. The Morgan fingerprint density at radius 3 is 2.47 bits per heavy atom. The highest BCUT2D eigenvalue weighted by Crippen LogP contribution is 1.95. The first kappa shape index (κ1) is 11.8. The van der Waals surface area contributed by atoms with Crippen LogP contribution in [0.1, 0.15) is 10.4 Å². The second kappa shape index (κ2) is 5.56. The van der Waals surface area contributed by atoms with Gasteiger partial charge in [-0.1, -0.05) is 29.7 Å². The molecule has 3 nitrogen and oxygen atoms in total. The van der Waals surface area contributed by atoms with Gasteiger partial charge in [-0.3, -0.25) is 4.79 Å². The van der Waals surface area contributed by atoms with Gasteiger partial charge < -0.3 is 10.2 Å². The van der Waals surface area contributed by atoms with Crippen LogP contribution in [0.2, 0.25) is 0 Å². The van der Waals surface area contributed by atoms with Gasteiger partial charge in [-0.15, -0.1) is 0 Å². The predicted molar refractivity (Wildman–Crippen MR) is 62.7 cm³/mol. The molecular weight excluding hydrogens is 187 g/mol. The molecule has 0 aliphatic carbocycles. The Bertz CT molecular complexity index is 322. The van der Waals surface area contributed by atoms with Crippen molar-refractivity contribution in [1.82, 2.24) is 10.2 Å². The van der Waals surface area contributed by atoms with Crippen LogP contribution in [0.15, 0.2) is 24.3 Å². The Morgan fingerprint density at radius 2 is 1.93 bits per heavy atom. The molecule has 0 aromatic heterocycles. The summed E-state index contributed by atoms with van der Waals surface area (Å²) in [6.45, 7) is 1.48. The minimum atomic E-state index is -0.0585. The average Bonchev–Trinajstić information content (AvgIpc) is 2.18. The third-order valence-electron chi connectivity index (χ3n) is 2.02. The van der Waals surface area contributed by atoms with Crippen molar-refractivity contribution in [1.29, 1.82) is 0 Å². The summed E-state index contributed by atoms with van der Waals surface area (Å²) in [5.41, 5.74) is 1.31. The summed E-state index contributed by atoms with van der Waals surface area (Å²) in [6, 6.07) is 6.89. The van der Waals surface area contributed by atoms with Crippen LogP contribution >= 0.6 is 0 Å². The molecule has 15 heavy (non-hydrogen) atoms. The molecule has 0 saturated carbocycles. The molecule has 0 fully saturated rings. The molecule has 1 amide bonds. The quantitative estimate of drug-likeness (QED) is 0.684. The maximum absolute atomic E-state index is 11.6. The van der Waals surface area contributed by atoms with E-state index in [4.69, 9.17) is 7.85 Å². The lowest BCUT2D eigenvalue weighted by molar-refractivity contribution is 0.0951. The van der Waals surface area contributed by atoms with Crippen LogP contribution in [0.25, 0.3) is 0 Å². The smallest absolute Gasteiger partial charge is 0.251 e. The van der Waals surface area contributed by atoms with Crippen molar-refractivity contribution in [2.45, 2.75) is 0 Å². The van der Waals surface area contributed by atoms with E-state index in [9.17, 15) is 4.79 Å². The Kier molecular flexibility index (Phi) is 4.37. The van der Waals surface area contributed by atoms with E-state index >= 15 is 0 Å². The number of carbonyl (C=O) groups is 1. The van der Waals surface area contributed by atoms with Gasteiger partial charge in [-0.25, -0.2) is 0 Å². The van der Waals surface area contributed by atoms with E-state index < -0.39 is 0 Å². The van der Waals surface area contributed by atoms with E-state index in [0.29, 0.717) is 17.6 Å². The topological polar surface area (TPSA) is 32.3 Å². The number of hydrogen-bond donors (Lipinski definition) is 1. The molecule has 1 N–H and O–H groups in total. The monoisotopic (exact) mass is 202 g/mol. The number of benzene rings is 1. The van der Waals surface area contributed by atoms with Gasteiger partial charge in [-0.2, -0.15) is 0 Å². The molecule has 0 bridgehead atoms. The second-order valence-electron chi connectivity index (χ2n) is 3.68. The lowest BCUT2D eigenvalue weighted by atomic mass is 9.95. The number of nitrogens with zero attached hydrogens (tertiary/aromatic N) is 1. The van der Waals surface area contributed by atoms with Gasteiger partial charge in [0.1, 0.15) is 7.85 Å². The van der Waals surface area contributed by atoms with E-state index in [1.807, 2.05) is 19.0 Å². The summed E-state index contributed by atoms with van der Waals surface area (Å²) in [6.07, 6.45) is 0. The number of hydrogen-bond acceptors (Lipinski definition) is 2. The molecular formula is C11H15BN2O. The zero-order valence-corrected chi connectivity index (χ0v) is 9.16. The highest BCUT2D eigenvalue weighted by atomic mass is 16.1. The minimum absolute atomic E-state index is 0.0585. The number of nitrogens with one attached hydrogen (secondary N) is 1. The fourth-order valence-corrected chi connectivity index (χ4v) is 1.13.